The molecule has 30 heavy (non-hydrogen) atoms. The number of carboxylic acids is 1. The van der Waals surface area contributed by atoms with Crippen molar-refractivity contribution < 1.29 is 29.1 Å². The zero-order valence-corrected chi connectivity index (χ0v) is 16.8. The highest BCUT2D eigenvalue weighted by Crippen LogP contribution is 2.04. The van der Waals surface area contributed by atoms with Crippen molar-refractivity contribution in [2.45, 2.75) is 50.9 Å². The number of carboxylic acid groups (broad SMARTS) is 1. The lowest BCUT2D eigenvalue weighted by atomic mass is 10.1. The minimum absolute atomic E-state index is 0.0762. The quantitative estimate of drug-likeness (QED) is 0.238. The van der Waals surface area contributed by atoms with Crippen molar-refractivity contribution in [2.24, 2.45) is 11.5 Å². The first-order valence-corrected chi connectivity index (χ1v) is 9.23. The van der Waals surface area contributed by atoms with Crippen LogP contribution in [0.15, 0.2) is 30.3 Å². The summed E-state index contributed by atoms with van der Waals surface area (Å²) < 4.78 is 0. The van der Waals surface area contributed by atoms with Gasteiger partial charge in [0.25, 0.3) is 0 Å². The van der Waals surface area contributed by atoms with Gasteiger partial charge in [-0.3, -0.25) is 19.2 Å². The number of nitrogens with two attached hydrogens (primary N) is 2. The van der Waals surface area contributed by atoms with Crippen LogP contribution in [0.4, 0.5) is 0 Å². The van der Waals surface area contributed by atoms with E-state index in [1.54, 1.807) is 30.3 Å². The predicted octanol–water partition coefficient (Wildman–Crippen LogP) is -1.99. The summed E-state index contributed by atoms with van der Waals surface area (Å²) in [6, 6.07) is 4.28. The summed E-state index contributed by atoms with van der Waals surface area (Å²) in [6.07, 6.45) is -0.302. The molecule has 0 aliphatic carbocycles. The Kier molecular flexibility index (Phi) is 9.43. The second-order valence-corrected chi connectivity index (χ2v) is 6.83. The van der Waals surface area contributed by atoms with Crippen LogP contribution in [0.25, 0.3) is 0 Å². The fraction of sp³-hybridized carbons (Fsp3) is 0.421. The Labute approximate surface area is 173 Å². The zero-order chi connectivity index (χ0) is 22.8. The van der Waals surface area contributed by atoms with Gasteiger partial charge in [-0.2, -0.15) is 0 Å². The molecule has 0 spiro atoms. The molecule has 4 unspecified atom stereocenters. The van der Waals surface area contributed by atoms with E-state index in [2.05, 4.69) is 16.0 Å². The van der Waals surface area contributed by atoms with Gasteiger partial charge in [-0.25, -0.2) is 4.79 Å². The molecule has 0 radical (unpaired) electrons. The Bertz CT molecular complexity index is 785. The Hall–Kier alpha value is -3.47. The Morgan fingerprint density at radius 3 is 1.90 bits per heavy atom. The fourth-order valence-corrected chi connectivity index (χ4v) is 2.45. The van der Waals surface area contributed by atoms with Gasteiger partial charge >= 0.3 is 5.97 Å². The lowest BCUT2D eigenvalue weighted by molar-refractivity contribution is -0.142. The van der Waals surface area contributed by atoms with Crippen LogP contribution in [-0.4, -0.2) is 58.9 Å². The fourth-order valence-electron chi connectivity index (χ4n) is 2.45. The first-order valence-electron chi connectivity index (χ1n) is 9.23. The molecule has 164 valence electrons. The largest absolute Gasteiger partial charge is 0.480 e. The molecular formula is C19H27N5O6. The smallest absolute Gasteiger partial charge is 0.326 e. The highest BCUT2D eigenvalue weighted by atomic mass is 16.4. The van der Waals surface area contributed by atoms with Crippen molar-refractivity contribution in [3.63, 3.8) is 0 Å². The Morgan fingerprint density at radius 2 is 1.40 bits per heavy atom. The molecule has 0 aliphatic rings. The van der Waals surface area contributed by atoms with Crippen LogP contribution >= 0.6 is 0 Å². The van der Waals surface area contributed by atoms with Crippen molar-refractivity contribution in [1.82, 2.24) is 16.0 Å². The maximum Gasteiger partial charge on any atom is 0.326 e. The summed E-state index contributed by atoms with van der Waals surface area (Å²) in [5.74, 6) is -4.11. The van der Waals surface area contributed by atoms with Gasteiger partial charge in [0, 0.05) is 6.42 Å². The molecule has 0 aliphatic heterocycles. The van der Waals surface area contributed by atoms with Crippen molar-refractivity contribution in [3.05, 3.63) is 35.9 Å². The lowest BCUT2D eigenvalue weighted by Gasteiger charge is -2.21. The van der Waals surface area contributed by atoms with E-state index in [9.17, 15) is 29.1 Å². The summed E-state index contributed by atoms with van der Waals surface area (Å²) in [5.41, 5.74) is 11.2. The highest BCUT2D eigenvalue weighted by molar-refractivity contribution is 5.94. The second-order valence-electron chi connectivity index (χ2n) is 6.83. The minimum atomic E-state index is -1.21. The third-order valence-corrected chi connectivity index (χ3v) is 4.16. The number of nitrogens with one attached hydrogen (secondary N) is 3. The van der Waals surface area contributed by atoms with Gasteiger partial charge in [0.2, 0.25) is 23.6 Å². The topological polar surface area (TPSA) is 194 Å². The van der Waals surface area contributed by atoms with Crippen molar-refractivity contribution in [2.75, 3.05) is 0 Å². The first kappa shape index (κ1) is 24.6. The van der Waals surface area contributed by atoms with Gasteiger partial charge in [0.1, 0.15) is 18.1 Å². The van der Waals surface area contributed by atoms with Gasteiger partial charge in [-0.05, 0) is 19.4 Å². The molecule has 4 atom stereocenters. The normalized spacial score (nSPS) is 14.5. The maximum atomic E-state index is 12.3. The van der Waals surface area contributed by atoms with Gasteiger partial charge in [-0.15, -0.1) is 0 Å². The number of benzene rings is 1. The van der Waals surface area contributed by atoms with Gasteiger partial charge in [0.05, 0.1) is 12.5 Å². The van der Waals surface area contributed by atoms with E-state index < -0.39 is 53.8 Å². The van der Waals surface area contributed by atoms with Crippen LogP contribution in [-0.2, 0) is 30.4 Å². The molecule has 0 heterocycles. The van der Waals surface area contributed by atoms with E-state index in [1.165, 1.54) is 13.8 Å². The molecule has 1 rings (SSSR count). The molecule has 1 aromatic carbocycles. The van der Waals surface area contributed by atoms with Crippen LogP contribution in [0.2, 0.25) is 0 Å². The molecule has 0 aromatic heterocycles. The van der Waals surface area contributed by atoms with E-state index in [-0.39, 0.29) is 12.8 Å². The van der Waals surface area contributed by atoms with E-state index in [0.717, 1.165) is 5.56 Å². The third-order valence-electron chi connectivity index (χ3n) is 4.16. The molecule has 0 saturated heterocycles. The highest BCUT2D eigenvalue weighted by Gasteiger charge is 2.26. The van der Waals surface area contributed by atoms with Crippen LogP contribution in [0.1, 0.15) is 25.8 Å². The maximum absolute atomic E-state index is 12.3. The Balaban J connectivity index is 2.60. The number of hydrogen-bond donors (Lipinski definition) is 6. The van der Waals surface area contributed by atoms with Crippen LogP contribution in [0.5, 0.6) is 0 Å². The van der Waals surface area contributed by atoms with E-state index in [4.69, 9.17) is 11.5 Å². The lowest BCUT2D eigenvalue weighted by Crippen LogP contribution is -2.55. The average Bonchev–Trinajstić information content (AvgIpc) is 2.67. The van der Waals surface area contributed by atoms with E-state index >= 15 is 0 Å². The van der Waals surface area contributed by atoms with E-state index in [1.807, 2.05) is 0 Å². The van der Waals surface area contributed by atoms with E-state index in [0.29, 0.717) is 0 Å². The van der Waals surface area contributed by atoms with Crippen molar-refractivity contribution >= 4 is 29.6 Å². The molecule has 0 saturated carbocycles. The Morgan fingerprint density at radius 1 is 0.900 bits per heavy atom. The number of aliphatic carboxylic acids is 1. The molecular weight excluding hydrogens is 394 g/mol. The zero-order valence-electron chi connectivity index (χ0n) is 16.8. The van der Waals surface area contributed by atoms with Crippen LogP contribution in [0.3, 0.4) is 0 Å². The molecule has 1 aromatic rings. The number of carbonyl (C=O) groups is 5. The third kappa shape index (κ3) is 8.27. The minimum Gasteiger partial charge on any atom is -0.480 e. The summed E-state index contributed by atoms with van der Waals surface area (Å²) in [5, 5.41) is 16.4. The number of hydrogen-bond acceptors (Lipinski definition) is 6. The second kappa shape index (κ2) is 11.5. The molecule has 0 bridgehead atoms. The first-order chi connectivity index (χ1) is 14.0. The summed E-state index contributed by atoms with van der Waals surface area (Å²) in [4.78, 5) is 58.6. The summed E-state index contributed by atoms with van der Waals surface area (Å²) >= 11 is 0. The molecule has 11 nitrogen and oxygen atoms in total. The monoisotopic (exact) mass is 421 g/mol. The number of carbonyl (C=O) groups excluding carboxylic acids is 4. The molecule has 0 fully saturated rings. The SMILES string of the molecule is CC(NC(=O)C(N)CC(N)=O)C(=O)NC(C)C(=O)NC(Cc1ccccc1)C(=O)O. The summed E-state index contributed by atoms with van der Waals surface area (Å²) in [6.45, 7) is 2.74. The molecule has 8 N–H and O–H groups in total. The summed E-state index contributed by atoms with van der Waals surface area (Å²) in [7, 11) is 0. The molecule has 4 amide bonds. The average molecular weight is 421 g/mol. The van der Waals surface area contributed by atoms with Gasteiger partial charge in [0.15, 0.2) is 0 Å². The van der Waals surface area contributed by atoms with Crippen molar-refractivity contribution in [1.29, 1.82) is 0 Å². The van der Waals surface area contributed by atoms with Gasteiger partial charge in [-0.1, -0.05) is 30.3 Å². The van der Waals surface area contributed by atoms with Crippen LogP contribution < -0.4 is 27.4 Å². The van der Waals surface area contributed by atoms with Crippen LogP contribution in [0, 0.1) is 0 Å². The number of primary amides is 1. The molecule has 11 heteroatoms. The number of rotatable bonds is 11. The van der Waals surface area contributed by atoms with Crippen molar-refractivity contribution in [3.8, 4) is 0 Å². The predicted molar refractivity (Wildman–Crippen MR) is 107 cm³/mol. The van der Waals surface area contributed by atoms with Gasteiger partial charge < -0.3 is 32.5 Å². The standard InChI is InChI=1S/C19H27N5O6/c1-10(23-18(28)13(20)9-15(21)25)16(26)22-11(2)17(27)24-14(19(29)30)8-12-6-4-3-5-7-12/h3-7,10-11,13-14H,8-9,20H2,1-2H3,(H2,21,25)(H,22,26)(H,23,28)(H,24,27)(H,29,30). The number of amides is 4.